The summed E-state index contributed by atoms with van der Waals surface area (Å²) in [5, 5.41) is 2.61. The molecule has 2 N–H and O–H groups in total. The van der Waals surface area contributed by atoms with Crippen molar-refractivity contribution in [1.29, 1.82) is 0 Å². The van der Waals surface area contributed by atoms with Gasteiger partial charge in [0.25, 0.3) is 5.91 Å². The molecule has 1 amide bonds. The van der Waals surface area contributed by atoms with Gasteiger partial charge in [0.2, 0.25) is 0 Å². The fourth-order valence-corrected chi connectivity index (χ4v) is 3.14. The summed E-state index contributed by atoms with van der Waals surface area (Å²) < 4.78 is 0. The smallest absolute Gasteiger partial charge is 0.277 e. The van der Waals surface area contributed by atoms with Crippen LogP contribution in [0.3, 0.4) is 0 Å². The molecule has 0 atom stereocenters. The summed E-state index contributed by atoms with van der Waals surface area (Å²) in [6.45, 7) is 1.16. The Kier molecular flexibility index (Phi) is 5.94. The Labute approximate surface area is 140 Å². The van der Waals surface area contributed by atoms with E-state index in [-0.39, 0.29) is 18.3 Å². The molecule has 0 unspecified atom stereocenters. The highest BCUT2D eigenvalue weighted by Crippen LogP contribution is 2.29. The van der Waals surface area contributed by atoms with Crippen molar-refractivity contribution in [1.82, 2.24) is 4.98 Å². The number of nitrogens with two attached hydrogens (primary N) is 1. The molecule has 1 heterocycles. The van der Waals surface area contributed by atoms with Crippen LogP contribution in [0.4, 0.5) is 5.69 Å². The van der Waals surface area contributed by atoms with Gasteiger partial charge in [0, 0.05) is 24.2 Å². The van der Waals surface area contributed by atoms with Gasteiger partial charge in [-0.25, -0.2) is 4.98 Å². The molecule has 1 fully saturated rings. The maximum atomic E-state index is 12.8. The van der Waals surface area contributed by atoms with Crippen molar-refractivity contribution in [2.24, 2.45) is 11.7 Å². The summed E-state index contributed by atoms with van der Waals surface area (Å²) >= 11 is 1.45. The monoisotopic (exact) mass is 337 g/mol. The van der Waals surface area contributed by atoms with Crippen molar-refractivity contribution in [3.05, 3.63) is 46.4 Å². The topological polar surface area (TPSA) is 59.2 Å². The molecule has 1 aliphatic carbocycles. The first-order chi connectivity index (χ1) is 10.3. The summed E-state index contributed by atoms with van der Waals surface area (Å²) in [6.07, 6.45) is 3.69. The highest BCUT2D eigenvalue weighted by Gasteiger charge is 2.26. The van der Waals surface area contributed by atoms with E-state index >= 15 is 0 Å². The van der Waals surface area contributed by atoms with Crippen LogP contribution in [0.15, 0.2) is 35.7 Å². The first-order valence-corrected chi connectivity index (χ1v) is 8.17. The molecule has 0 spiro atoms. The molecule has 1 saturated carbocycles. The molecule has 6 heteroatoms. The standard InChI is InChI=1S/C16H19N3OS.ClH/c17-9-15-18-14(11-21-15)16(20)19(10-12-5-4-6-12)13-7-2-1-3-8-13;/h1-3,7-8,11-12H,4-6,9-10,17H2;1H. The molecule has 1 aromatic carbocycles. The number of hydrogen-bond donors (Lipinski definition) is 1. The van der Waals surface area contributed by atoms with Crippen LogP contribution in [0.2, 0.25) is 0 Å². The number of aromatic nitrogens is 1. The number of halogens is 1. The van der Waals surface area contributed by atoms with Gasteiger partial charge >= 0.3 is 0 Å². The number of hydrogen-bond acceptors (Lipinski definition) is 4. The van der Waals surface area contributed by atoms with E-state index in [2.05, 4.69) is 4.98 Å². The molecule has 0 saturated heterocycles. The first kappa shape index (κ1) is 16.9. The van der Waals surface area contributed by atoms with Gasteiger partial charge < -0.3 is 10.6 Å². The van der Waals surface area contributed by atoms with Crippen LogP contribution in [0.1, 0.15) is 34.8 Å². The lowest BCUT2D eigenvalue weighted by Crippen LogP contribution is -2.37. The second-order valence-corrected chi connectivity index (χ2v) is 6.32. The van der Waals surface area contributed by atoms with Crippen LogP contribution >= 0.6 is 23.7 Å². The summed E-state index contributed by atoms with van der Waals surface area (Å²) in [5.41, 5.74) is 7.03. The van der Waals surface area contributed by atoms with Crippen LogP contribution < -0.4 is 10.6 Å². The SMILES string of the molecule is Cl.NCc1nc(C(=O)N(CC2CCC2)c2ccccc2)cs1. The number of thiazole rings is 1. The summed E-state index contributed by atoms with van der Waals surface area (Å²) in [6, 6.07) is 9.84. The maximum Gasteiger partial charge on any atom is 0.277 e. The molecule has 0 radical (unpaired) electrons. The third-order valence-corrected chi connectivity index (χ3v) is 4.80. The van der Waals surface area contributed by atoms with E-state index in [9.17, 15) is 4.79 Å². The normalized spacial score (nSPS) is 14.0. The Morgan fingerprint density at radius 1 is 1.32 bits per heavy atom. The quantitative estimate of drug-likeness (QED) is 0.908. The van der Waals surface area contributed by atoms with Crippen LogP contribution in [0, 0.1) is 5.92 Å². The number of anilines is 1. The third-order valence-electron chi connectivity index (χ3n) is 3.92. The molecule has 0 aliphatic heterocycles. The van der Waals surface area contributed by atoms with E-state index in [1.54, 1.807) is 5.38 Å². The molecule has 3 rings (SSSR count). The van der Waals surface area contributed by atoms with E-state index in [4.69, 9.17) is 5.73 Å². The number of benzene rings is 1. The predicted octanol–water partition coefficient (Wildman–Crippen LogP) is 3.47. The van der Waals surface area contributed by atoms with E-state index in [0.717, 1.165) is 17.2 Å². The van der Waals surface area contributed by atoms with Crippen LogP contribution in [-0.4, -0.2) is 17.4 Å². The molecule has 22 heavy (non-hydrogen) atoms. The van der Waals surface area contributed by atoms with Gasteiger partial charge in [-0.1, -0.05) is 24.6 Å². The maximum absolute atomic E-state index is 12.8. The minimum absolute atomic E-state index is 0. The molecular weight excluding hydrogens is 318 g/mol. The van der Waals surface area contributed by atoms with Gasteiger partial charge in [-0.15, -0.1) is 23.7 Å². The minimum Gasteiger partial charge on any atom is -0.325 e. The van der Waals surface area contributed by atoms with Crippen molar-refractivity contribution in [2.45, 2.75) is 25.8 Å². The zero-order valence-electron chi connectivity index (χ0n) is 12.3. The van der Waals surface area contributed by atoms with Crippen molar-refractivity contribution in [3.8, 4) is 0 Å². The van der Waals surface area contributed by atoms with Crippen LogP contribution in [0.25, 0.3) is 0 Å². The first-order valence-electron chi connectivity index (χ1n) is 7.29. The molecule has 1 aliphatic rings. The molecule has 1 aromatic heterocycles. The largest absolute Gasteiger partial charge is 0.325 e. The Morgan fingerprint density at radius 2 is 2.05 bits per heavy atom. The minimum atomic E-state index is -0.0240. The molecular formula is C16H20ClN3OS. The van der Waals surface area contributed by atoms with Crippen LogP contribution in [0.5, 0.6) is 0 Å². The molecule has 0 bridgehead atoms. The number of carbonyl (C=O) groups is 1. The fourth-order valence-electron chi connectivity index (χ4n) is 2.49. The zero-order valence-corrected chi connectivity index (χ0v) is 13.9. The molecule has 4 nitrogen and oxygen atoms in total. The Balaban J connectivity index is 0.00000176. The van der Waals surface area contributed by atoms with E-state index in [1.165, 1.54) is 30.6 Å². The van der Waals surface area contributed by atoms with E-state index < -0.39 is 0 Å². The number of nitrogens with zero attached hydrogens (tertiary/aromatic N) is 2. The molecule has 2 aromatic rings. The lowest BCUT2D eigenvalue weighted by Gasteiger charge is -2.32. The van der Waals surface area contributed by atoms with Crippen molar-refractivity contribution in [3.63, 3.8) is 0 Å². The second kappa shape index (κ2) is 7.72. The number of rotatable bonds is 5. The summed E-state index contributed by atoms with van der Waals surface area (Å²) in [4.78, 5) is 19.0. The van der Waals surface area contributed by atoms with Gasteiger partial charge in [0.05, 0.1) is 0 Å². The third kappa shape index (κ3) is 3.66. The summed E-state index contributed by atoms with van der Waals surface area (Å²) in [7, 11) is 0. The number of carbonyl (C=O) groups excluding carboxylic acids is 1. The fraction of sp³-hybridized carbons (Fsp3) is 0.375. The Hall–Kier alpha value is -1.43. The van der Waals surface area contributed by atoms with Gasteiger partial charge in [-0.3, -0.25) is 4.79 Å². The predicted molar refractivity (Wildman–Crippen MR) is 92.7 cm³/mol. The second-order valence-electron chi connectivity index (χ2n) is 5.38. The average Bonchev–Trinajstić information content (AvgIpc) is 2.95. The summed E-state index contributed by atoms with van der Waals surface area (Å²) in [5.74, 6) is 0.589. The highest BCUT2D eigenvalue weighted by atomic mass is 35.5. The average molecular weight is 338 g/mol. The lowest BCUT2D eigenvalue weighted by molar-refractivity contribution is 0.0973. The van der Waals surface area contributed by atoms with Crippen molar-refractivity contribution in [2.75, 3.05) is 11.4 Å². The van der Waals surface area contributed by atoms with Gasteiger partial charge in [0.15, 0.2) is 0 Å². The Morgan fingerprint density at radius 3 is 2.59 bits per heavy atom. The van der Waals surface area contributed by atoms with Gasteiger partial charge in [-0.2, -0.15) is 0 Å². The lowest BCUT2D eigenvalue weighted by atomic mass is 9.85. The van der Waals surface area contributed by atoms with Crippen LogP contribution in [-0.2, 0) is 6.54 Å². The van der Waals surface area contributed by atoms with Gasteiger partial charge in [0.1, 0.15) is 10.7 Å². The van der Waals surface area contributed by atoms with E-state index in [1.807, 2.05) is 35.2 Å². The molecule has 118 valence electrons. The number of para-hydroxylation sites is 1. The highest BCUT2D eigenvalue weighted by molar-refractivity contribution is 7.09. The van der Waals surface area contributed by atoms with Gasteiger partial charge in [-0.05, 0) is 30.9 Å². The van der Waals surface area contributed by atoms with Crippen molar-refractivity contribution < 1.29 is 4.79 Å². The number of amides is 1. The van der Waals surface area contributed by atoms with Crippen molar-refractivity contribution >= 4 is 35.3 Å². The zero-order chi connectivity index (χ0) is 14.7. The van der Waals surface area contributed by atoms with E-state index in [0.29, 0.717) is 18.2 Å². The Bertz CT molecular complexity index is 613.